The van der Waals surface area contributed by atoms with Gasteiger partial charge in [0.15, 0.2) is 0 Å². The maximum Gasteiger partial charge on any atom is 0.103 e. The van der Waals surface area contributed by atoms with E-state index in [1.807, 2.05) is 0 Å². The van der Waals surface area contributed by atoms with E-state index in [4.69, 9.17) is 4.74 Å². The van der Waals surface area contributed by atoms with Crippen LogP contribution >= 0.6 is 0 Å². The Morgan fingerprint density at radius 3 is 2.46 bits per heavy atom. The molecule has 1 spiro atoms. The van der Waals surface area contributed by atoms with E-state index >= 15 is 0 Å². The molecule has 4 heteroatoms. The average Bonchev–Trinajstić information content (AvgIpc) is 2.14. The summed E-state index contributed by atoms with van der Waals surface area (Å²) >= 11 is 0. The summed E-state index contributed by atoms with van der Waals surface area (Å²) in [6.07, 6.45) is 1.16. The quantitative estimate of drug-likeness (QED) is 0.467. The van der Waals surface area contributed by atoms with Crippen molar-refractivity contribution in [1.82, 2.24) is 5.32 Å². The molecule has 0 radical (unpaired) electrons. The second-order valence-electron chi connectivity index (χ2n) is 4.08. The highest BCUT2D eigenvalue weighted by Crippen LogP contribution is 2.32. The molecule has 2 fully saturated rings. The predicted molar refractivity (Wildman–Crippen MR) is 47.4 cm³/mol. The molecule has 2 aliphatic heterocycles. The lowest BCUT2D eigenvalue weighted by molar-refractivity contribution is -0.180. The van der Waals surface area contributed by atoms with Gasteiger partial charge in [0.1, 0.15) is 6.10 Å². The lowest BCUT2D eigenvalue weighted by Crippen LogP contribution is -2.53. The van der Waals surface area contributed by atoms with Crippen LogP contribution < -0.4 is 5.32 Å². The SMILES string of the molecule is O[C@@H]1CC2(CCNCC2)OC[C@@H]1O. The van der Waals surface area contributed by atoms with E-state index in [2.05, 4.69) is 5.32 Å². The van der Waals surface area contributed by atoms with Crippen LogP contribution in [0.15, 0.2) is 0 Å². The van der Waals surface area contributed by atoms with Gasteiger partial charge in [0.25, 0.3) is 0 Å². The third-order valence-corrected chi connectivity index (χ3v) is 3.10. The smallest absolute Gasteiger partial charge is 0.103 e. The molecule has 0 unspecified atom stereocenters. The minimum Gasteiger partial charge on any atom is -0.390 e. The standard InChI is InChI=1S/C9H17NO3/c11-7-5-9(13-6-8(7)12)1-3-10-4-2-9/h7-8,10-12H,1-6H2/t7-,8+/m1/s1. The Bertz CT molecular complexity index is 180. The molecule has 13 heavy (non-hydrogen) atoms. The Kier molecular flexibility index (Phi) is 2.55. The Balaban J connectivity index is 1.99. The summed E-state index contributed by atoms with van der Waals surface area (Å²) < 4.78 is 5.64. The minimum atomic E-state index is -0.694. The van der Waals surface area contributed by atoms with Crippen LogP contribution in [-0.4, -0.2) is 47.7 Å². The molecule has 2 atom stereocenters. The van der Waals surface area contributed by atoms with E-state index < -0.39 is 12.2 Å². The second kappa shape index (κ2) is 3.53. The van der Waals surface area contributed by atoms with Crippen LogP contribution in [0.4, 0.5) is 0 Å². The Labute approximate surface area is 77.9 Å². The van der Waals surface area contributed by atoms with E-state index in [9.17, 15) is 10.2 Å². The van der Waals surface area contributed by atoms with E-state index in [-0.39, 0.29) is 12.2 Å². The molecule has 2 aliphatic rings. The number of ether oxygens (including phenoxy) is 1. The zero-order valence-corrected chi connectivity index (χ0v) is 7.70. The average molecular weight is 187 g/mol. The molecule has 76 valence electrons. The van der Waals surface area contributed by atoms with Gasteiger partial charge in [-0.3, -0.25) is 0 Å². The van der Waals surface area contributed by atoms with Crippen molar-refractivity contribution in [2.24, 2.45) is 0 Å². The first kappa shape index (κ1) is 9.40. The third-order valence-electron chi connectivity index (χ3n) is 3.10. The van der Waals surface area contributed by atoms with Crippen molar-refractivity contribution in [3.8, 4) is 0 Å². The van der Waals surface area contributed by atoms with Gasteiger partial charge in [-0.2, -0.15) is 0 Å². The van der Waals surface area contributed by atoms with Crippen molar-refractivity contribution in [2.75, 3.05) is 19.7 Å². The normalized spacial score (nSPS) is 39.2. The largest absolute Gasteiger partial charge is 0.390 e. The van der Waals surface area contributed by atoms with Crippen molar-refractivity contribution in [2.45, 2.75) is 37.1 Å². The second-order valence-corrected chi connectivity index (χ2v) is 4.08. The number of hydrogen-bond donors (Lipinski definition) is 3. The monoisotopic (exact) mass is 187 g/mol. The summed E-state index contributed by atoms with van der Waals surface area (Å²) in [4.78, 5) is 0. The third kappa shape index (κ3) is 1.86. The van der Waals surface area contributed by atoms with Crippen molar-refractivity contribution in [3.05, 3.63) is 0 Å². The molecule has 4 nitrogen and oxygen atoms in total. The zero-order valence-electron chi connectivity index (χ0n) is 7.70. The van der Waals surface area contributed by atoms with E-state index in [0.29, 0.717) is 6.42 Å². The van der Waals surface area contributed by atoms with Gasteiger partial charge in [0, 0.05) is 6.42 Å². The fourth-order valence-corrected chi connectivity index (χ4v) is 2.18. The number of rotatable bonds is 0. The van der Waals surface area contributed by atoms with Gasteiger partial charge in [0.05, 0.1) is 18.3 Å². The molecule has 0 aromatic rings. The lowest BCUT2D eigenvalue weighted by atomic mass is 9.83. The zero-order chi connectivity index (χ0) is 9.31. The van der Waals surface area contributed by atoms with Crippen molar-refractivity contribution in [1.29, 1.82) is 0 Å². The summed E-state index contributed by atoms with van der Waals surface area (Å²) in [5.74, 6) is 0. The van der Waals surface area contributed by atoms with Crippen molar-refractivity contribution < 1.29 is 14.9 Å². The van der Waals surface area contributed by atoms with Crippen LogP contribution in [0.3, 0.4) is 0 Å². The molecule has 2 saturated heterocycles. The fourth-order valence-electron chi connectivity index (χ4n) is 2.18. The van der Waals surface area contributed by atoms with Gasteiger partial charge in [0.2, 0.25) is 0 Å². The fraction of sp³-hybridized carbons (Fsp3) is 1.00. The van der Waals surface area contributed by atoms with Gasteiger partial charge in [-0.25, -0.2) is 0 Å². The van der Waals surface area contributed by atoms with Crippen molar-refractivity contribution in [3.63, 3.8) is 0 Å². The van der Waals surface area contributed by atoms with Gasteiger partial charge < -0.3 is 20.3 Å². The molecule has 0 amide bonds. The molecular weight excluding hydrogens is 170 g/mol. The van der Waals surface area contributed by atoms with Gasteiger partial charge in [-0.15, -0.1) is 0 Å². The first-order valence-corrected chi connectivity index (χ1v) is 4.93. The molecule has 0 saturated carbocycles. The number of aliphatic hydroxyl groups excluding tert-OH is 2. The number of piperidine rings is 1. The molecule has 2 heterocycles. The van der Waals surface area contributed by atoms with E-state index in [0.717, 1.165) is 25.9 Å². The molecule has 0 aliphatic carbocycles. The summed E-state index contributed by atoms with van der Waals surface area (Å²) in [7, 11) is 0. The Morgan fingerprint density at radius 2 is 1.85 bits per heavy atom. The van der Waals surface area contributed by atoms with Crippen LogP contribution in [-0.2, 0) is 4.74 Å². The topological polar surface area (TPSA) is 61.7 Å². The molecule has 0 aromatic heterocycles. The molecular formula is C9H17NO3. The molecule has 2 rings (SSSR count). The van der Waals surface area contributed by atoms with Gasteiger partial charge in [-0.1, -0.05) is 0 Å². The van der Waals surface area contributed by atoms with Gasteiger partial charge >= 0.3 is 0 Å². The van der Waals surface area contributed by atoms with E-state index in [1.54, 1.807) is 0 Å². The molecule has 3 N–H and O–H groups in total. The highest BCUT2D eigenvalue weighted by Gasteiger charge is 2.41. The first-order valence-electron chi connectivity index (χ1n) is 4.93. The highest BCUT2D eigenvalue weighted by atomic mass is 16.5. The molecule has 0 aromatic carbocycles. The predicted octanol–water partition coefficient (Wildman–Crippen LogP) is -0.749. The lowest BCUT2D eigenvalue weighted by Gasteiger charge is -2.43. The van der Waals surface area contributed by atoms with Gasteiger partial charge in [-0.05, 0) is 25.9 Å². The van der Waals surface area contributed by atoms with Crippen LogP contribution in [0.1, 0.15) is 19.3 Å². The Morgan fingerprint density at radius 1 is 1.15 bits per heavy atom. The first-order chi connectivity index (χ1) is 6.22. The van der Waals surface area contributed by atoms with E-state index in [1.165, 1.54) is 0 Å². The van der Waals surface area contributed by atoms with Crippen LogP contribution in [0.5, 0.6) is 0 Å². The number of aliphatic hydroxyl groups is 2. The maximum absolute atomic E-state index is 9.54. The van der Waals surface area contributed by atoms with Crippen molar-refractivity contribution >= 4 is 0 Å². The van der Waals surface area contributed by atoms with Crippen LogP contribution in [0, 0.1) is 0 Å². The molecule has 0 bridgehead atoms. The summed E-state index contributed by atoms with van der Waals surface area (Å²) in [6, 6.07) is 0. The van der Waals surface area contributed by atoms with Crippen LogP contribution in [0.25, 0.3) is 0 Å². The summed E-state index contributed by atoms with van der Waals surface area (Å²) in [5.41, 5.74) is -0.163. The Hall–Kier alpha value is -0.160. The number of hydrogen-bond acceptors (Lipinski definition) is 4. The maximum atomic E-state index is 9.54. The van der Waals surface area contributed by atoms with Crippen LogP contribution in [0.2, 0.25) is 0 Å². The summed E-state index contributed by atoms with van der Waals surface area (Å²) in [6.45, 7) is 2.17. The highest BCUT2D eigenvalue weighted by molar-refractivity contribution is 4.93. The summed E-state index contributed by atoms with van der Waals surface area (Å²) in [5, 5.41) is 22.1. The minimum absolute atomic E-state index is 0.163. The number of nitrogens with one attached hydrogen (secondary N) is 1.